The van der Waals surface area contributed by atoms with Crippen LogP contribution < -0.4 is 5.32 Å². The van der Waals surface area contributed by atoms with E-state index in [4.69, 9.17) is 4.42 Å². The quantitative estimate of drug-likeness (QED) is 0.902. The fraction of sp³-hybridized carbons (Fsp3) is 0.389. The van der Waals surface area contributed by atoms with Crippen molar-refractivity contribution in [3.63, 3.8) is 0 Å². The summed E-state index contributed by atoms with van der Waals surface area (Å²) >= 11 is 0. The first-order chi connectivity index (χ1) is 11.3. The van der Waals surface area contributed by atoms with Gasteiger partial charge in [0.05, 0.1) is 6.26 Å². The van der Waals surface area contributed by atoms with Crippen molar-refractivity contribution in [3.8, 4) is 0 Å². The van der Waals surface area contributed by atoms with Gasteiger partial charge >= 0.3 is 0 Å². The molecule has 0 saturated heterocycles. The Labute approximate surface area is 140 Å². The van der Waals surface area contributed by atoms with Crippen LogP contribution in [0.3, 0.4) is 0 Å². The number of nitrogens with one attached hydrogen (secondary N) is 1. The number of aromatic nitrogens is 1. The Morgan fingerprint density at radius 3 is 2.71 bits per heavy atom. The first-order valence-electron chi connectivity index (χ1n) is 7.92. The molecule has 126 valence electrons. The highest BCUT2D eigenvalue weighted by molar-refractivity contribution is 6.15. The third kappa shape index (κ3) is 2.63. The number of furan rings is 1. The van der Waals surface area contributed by atoms with Crippen LogP contribution in [0.15, 0.2) is 40.1 Å². The van der Waals surface area contributed by atoms with E-state index in [2.05, 4.69) is 15.3 Å². The van der Waals surface area contributed by atoms with E-state index in [1.165, 1.54) is 6.26 Å². The summed E-state index contributed by atoms with van der Waals surface area (Å²) in [6.07, 6.45) is 2.22. The number of nitrogens with zero attached hydrogens (tertiary/aromatic N) is 2. The minimum Gasteiger partial charge on any atom is -0.466 e. The first-order valence-corrected chi connectivity index (χ1v) is 7.92. The van der Waals surface area contributed by atoms with Crippen LogP contribution in [-0.2, 0) is 4.79 Å². The van der Waals surface area contributed by atoms with Crippen molar-refractivity contribution in [2.75, 3.05) is 0 Å². The number of amidine groups is 1. The number of aryl methyl sites for hydroxylation is 1. The SMILES string of the molecule is Cc1cnc(C2=NC(C)(C(C)C)C(=O)N2)c(C(O)c2ccco2)c1. The van der Waals surface area contributed by atoms with E-state index in [9.17, 15) is 9.90 Å². The van der Waals surface area contributed by atoms with Gasteiger partial charge in [-0.3, -0.25) is 9.78 Å². The van der Waals surface area contributed by atoms with Crippen LogP contribution in [0.2, 0.25) is 0 Å². The second-order valence-electron chi connectivity index (χ2n) is 6.59. The molecule has 0 radical (unpaired) electrons. The number of aliphatic hydroxyl groups excluding tert-OH is 1. The molecule has 0 bridgehead atoms. The summed E-state index contributed by atoms with van der Waals surface area (Å²) in [5.74, 6) is 0.684. The molecule has 2 unspecified atom stereocenters. The van der Waals surface area contributed by atoms with Crippen LogP contribution in [0.1, 0.15) is 49.5 Å². The van der Waals surface area contributed by atoms with Gasteiger partial charge in [-0.25, -0.2) is 4.99 Å². The smallest absolute Gasteiger partial charge is 0.253 e. The van der Waals surface area contributed by atoms with Crippen LogP contribution in [0.25, 0.3) is 0 Å². The maximum absolute atomic E-state index is 12.4. The van der Waals surface area contributed by atoms with Crippen molar-refractivity contribution in [2.24, 2.45) is 10.9 Å². The molecule has 1 aliphatic heterocycles. The Morgan fingerprint density at radius 2 is 2.12 bits per heavy atom. The Bertz CT molecular complexity index is 796. The Hall–Kier alpha value is -2.47. The normalized spacial score (nSPS) is 21.8. The second kappa shape index (κ2) is 5.87. The Kier molecular flexibility index (Phi) is 4.01. The number of aliphatic imine (C=N–C) groups is 1. The Morgan fingerprint density at radius 1 is 1.38 bits per heavy atom. The van der Waals surface area contributed by atoms with Crippen LogP contribution in [-0.4, -0.2) is 27.4 Å². The molecule has 1 amide bonds. The van der Waals surface area contributed by atoms with E-state index in [1.54, 1.807) is 25.3 Å². The highest BCUT2D eigenvalue weighted by atomic mass is 16.4. The molecule has 6 nitrogen and oxygen atoms in total. The van der Waals surface area contributed by atoms with Crippen LogP contribution in [0, 0.1) is 12.8 Å². The molecule has 0 fully saturated rings. The van der Waals surface area contributed by atoms with Gasteiger partial charge in [0.2, 0.25) is 0 Å². The van der Waals surface area contributed by atoms with E-state index in [-0.39, 0.29) is 11.8 Å². The zero-order chi connectivity index (χ0) is 17.5. The van der Waals surface area contributed by atoms with Gasteiger partial charge < -0.3 is 14.8 Å². The minimum absolute atomic E-state index is 0.0406. The van der Waals surface area contributed by atoms with Crippen molar-refractivity contribution in [3.05, 3.63) is 53.2 Å². The molecule has 2 aromatic rings. The lowest BCUT2D eigenvalue weighted by Crippen LogP contribution is -2.41. The zero-order valence-corrected chi connectivity index (χ0v) is 14.2. The van der Waals surface area contributed by atoms with Crippen molar-refractivity contribution < 1.29 is 14.3 Å². The van der Waals surface area contributed by atoms with Gasteiger partial charge in [-0.15, -0.1) is 0 Å². The zero-order valence-electron chi connectivity index (χ0n) is 14.2. The molecular weight excluding hydrogens is 306 g/mol. The van der Waals surface area contributed by atoms with Gasteiger partial charge in [0.25, 0.3) is 5.91 Å². The maximum atomic E-state index is 12.4. The summed E-state index contributed by atoms with van der Waals surface area (Å²) in [5, 5.41) is 13.5. The molecule has 0 aromatic carbocycles. The number of rotatable bonds is 4. The van der Waals surface area contributed by atoms with E-state index in [1.807, 2.05) is 26.8 Å². The molecule has 0 aliphatic carbocycles. The molecule has 24 heavy (non-hydrogen) atoms. The van der Waals surface area contributed by atoms with Crippen molar-refractivity contribution in [1.82, 2.24) is 10.3 Å². The summed E-state index contributed by atoms with van der Waals surface area (Å²) in [4.78, 5) is 21.3. The fourth-order valence-corrected chi connectivity index (χ4v) is 2.65. The minimum atomic E-state index is -0.979. The van der Waals surface area contributed by atoms with Crippen LogP contribution in [0.5, 0.6) is 0 Å². The second-order valence-corrected chi connectivity index (χ2v) is 6.59. The molecule has 3 rings (SSSR count). The van der Waals surface area contributed by atoms with Gasteiger partial charge in [0, 0.05) is 11.8 Å². The van der Waals surface area contributed by atoms with E-state index in [0.29, 0.717) is 22.9 Å². The Balaban J connectivity index is 2.08. The molecule has 2 N–H and O–H groups in total. The number of carbonyl (C=O) groups is 1. The lowest BCUT2D eigenvalue weighted by molar-refractivity contribution is -0.124. The highest BCUT2D eigenvalue weighted by Crippen LogP contribution is 2.30. The van der Waals surface area contributed by atoms with Gasteiger partial charge in [-0.2, -0.15) is 0 Å². The van der Waals surface area contributed by atoms with Gasteiger partial charge in [0.1, 0.15) is 23.1 Å². The number of hydrogen-bond acceptors (Lipinski definition) is 5. The van der Waals surface area contributed by atoms with Crippen LogP contribution in [0.4, 0.5) is 0 Å². The number of amides is 1. The summed E-state index contributed by atoms with van der Waals surface area (Å²) in [6, 6.07) is 5.24. The van der Waals surface area contributed by atoms with Crippen molar-refractivity contribution in [2.45, 2.75) is 39.3 Å². The lowest BCUT2D eigenvalue weighted by atomic mass is 9.89. The number of aliphatic hydroxyl groups is 1. The number of hydrogen-bond donors (Lipinski definition) is 2. The van der Waals surface area contributed by atoms with Gasteiger partial charge in [-0.1, -0.05) is 13.8 Å². The summed E-state index contributed by atoms with van der Waals surface area (Å²) < 4.78 is 5.30. The third-order valence-corrected chi connectivity index (χ3v) is 4.55. The van der Waals surface area contributed by atoms with Gasteiger partial charge in [0.15, 0.2) is 5.84 Å². The molecule has 1 aliphatic rings. The molecule has 3 heterocycles. The fourth-order valence-electron chi connectivity index (χ4n) is 2.65. The molecule has 2 atom stereocenters. The maximum Gasteiger partial charge on any atom is 0.253 e. The third-order valence-electron chi connectivity index (χ3n) is 4.55. The number of carbonyl (C=O) groups excluding carboxylic acids is 1. The van der Waals surface area contributed by atoms with E-state index < -0.39 is 11.6 Å². The van der Waals surface area contributed by atoms with Crippen molar-refractivity contribution >= 4 is 11.7 Å². The van der Waals surface area contributed by atoms with E-state index >= 15 is 0 Å². The highest BCUT2D eigenvalue weighted by Gasteiger charge is 2.43. The van der Waals surface area contributed by atoms with Gasteiger partial charge in [-0.05, 0) is 43.5 Å². The van der Waals surface area contributed by atoms with E-state index in [0.717, 1.165) is 5.56 Å². The number of pyridine rings is 1. The summed E-state index contributed by atoms with van der Waals surface area (Å²) in [7, 11) is 0. The predicted molar refractivity (Wildman–Crippen MR) is 89.7 cm³/mol. The topological polar surface area (TPSA) is 87.7 Å². The summed E-state index contributed by atoms with van der Waals surface area (Å²) in [6.45, 7) is 7.60. The van der Waals surface area contributed by atoms with Crippen molar-refractivity contribution in [1.29, 1.82) is 0 Å². The monoisotopic (exact) mass is 327 g/mol. The molecule has 6 heteroatoms. The first kappa shape index (κ1) is 16.4. The standard InChI is InChI=1S/C18H21N3O3/c1-10(2)18(4)17(23)20-16(21-18)14-12(8-11(3)9-19-14)15(22)13-6-5-7-24-13/h5-10,15,22H,1-4H3,(H,20,21,23). The van der Waals surface area contributed by atoms with Crippen LogP contribution >= 0.6 is 0 Å². The summed E-state index contributed by atoms with van der Waals surface area (Å²) in [5.41, 5.74) is 1.07. The molecule has 2 aromatic heterocycles. The lowest BCUT2D eigenvalue weighted by Gasteiger charge is -2.21. The molecular formula is C18H21N3O3. The molecule has 0 spiro atoms. The average Bonchev–Trinajstić information content (AvgIpc) is 3.16. The largest absolute Gasteiger partial charge is 0.466 e. The average molecular weight is 327 g/mol. The predicted octanol–water partition coefficient (Wildman–Crippen LogP) is 2.36. The molecule has 0 saturated carbocycles.